The fourth-order valence-corrected chi connectivity index (χ4v) is 3.38. The third kappa shape index (κ3) is 4.01. The lowest BCUT2D eigenvalue weighted by Gasteiger charge is -2.06. The van der Waals surface area contributed by atoms with Crippen LogP contribution in [0.4, 0.5) is 0 Å². The number of rotatable bonds is 6. The minimum absolute atomic E-state index is 0.0668. The normalized spacial score (nSPS) is 19.7. The Kier molecular flexibility index (Phi) is 4.69. The van der Waals surface area contributed by atoms with E-state index in [0.29, 0.717) is 18.9 Å². The number of sulfonamides is 1. The van der Waals surface area contributed by atoms with Gasteiger partial charge in [-0.15, -0.1) is 0 Å². The third-order valence-electron chi connectivity index (χ3n) is 4.32. The van der Waals surface area contributed by atoms with E-state index in [-0.39, 0.29) is 16.7 Å². The molecule has 6 heteroatoms. The zero-order valence-corrected chi connectivity index (χ0v) is 14.0. The molecule has 126 valence electrons. The average Bonchev–Trinajstić information content (AvgIpc) is 3.36. The molecule has 0 spiro atoms. The second-order valence-electron chi connectivity index (χ2n) is 6.09. The standard InChI is InChI=1S/C18H20N2O3S/c19-24(22,23)15-8-6-13(7-9-15)10-11-20-18(21)17-12-16(17)14-4-2-1-3-5-14/h1-9,16-17H,10-12H2,(H,20,21)(H2,19,22,23). The van der Waals surface area contributed by atoms with Crippen LogP contribution in [-0.4, -0.2) is 20.9 Å². The highest BCUT2D eigenvalue weighted by molar-refractivity contribution is 7.89. The molecule has 1 saturated carbocycles. The summed E-state index contributed by atoms with van der Waals surface area (Å²) in [6, 6.07) is 16.5. The molecule has 0 bridgehead atoms. The summed E-state index contributed by atoms with van der Waals surface area (Å²) < 4.78 is 22.4. The fraction of sp³-hybridized carbons (Fsp3) is 0.278. The summed E-state index contributed by atoms with van der Waals surface area (Å²) >= 11 is 0. The molecular weight excluding hydrogens is 324 g/mol. The minimum Gasteiger partial charge on any atom is -0.356 e. The number of hydrogen-bond acceptors (Lipinski definition) is 3. The Hall–Kier alpha value is -2.18. The van der Waals surface area contributed by atoms with Crippen molar-refractivity contribution < 1.29 is 13.2 Å². The van der Waals surface area contributed by atoms with E-state index < -0.39 is 10.0 Å². The quantitative estimate of drug-likeness (QED) is 0.837. The molecule has 24 heavy (non-hydrogen) atoms. The maximum absolute atomic E-state index is 12.2. The first-order valence-corrected chi connectivity index (χ1v) is 9.44. The molecule has 0 aromatic heterocycles. The molecular formula is C18H20N2O3S. The Bertz CT molecular complexity index is 817. The maximum Gasteiger partial charge on any atom is 0.238 e. The van der Waals surface area contributed by atoms with Crippen LogP contribution in [-0.2, 0) is 21.2 Å². The van der Waals surface area contributed by atoms with Crippen molar-refractivity contribution in [2.45, 2.75) is 23.7 Å². The first-order chi connectivity index (χ1) is 11.4. The van der Waals surface area contributed by atoms with E-state index in [0.717, 1.165) is 12.0 Å². The fourth-order valence-electron chi connectivity index (χ4n) is 2.86. The molecule has 1 amide bonds. The lowest BCUT2D eigenvalue weighted by Crippen LogP contribution is -2.27. The molecule has 2 atom stereocenters. The van der Waals surface area contributed by atoms with Crippen LogP contribution in [0.2, 0.25) is 0 Å². The van der Waals surface area contributed by atoms with Crippen LogP contribution in [0.5, 0.6) is 0 Å². The van der Waals surface area contributed by atoms with Crippen molar-refractivity contribution in [1.82, 2.24) is 5.32 Å². The minimum atomic E-state index is -3.66. The lowest BCUT2D eigenvalue weighted by atomic mass is 10.1. The Morgan fingerprint density at radius 3 is 2.38 bits per heavy atom. The van der Waals surface area contributed by atoms with Crippen LogP contribution in [0.25, 0.3) is 0 Å². The van der Waals surface area contributed by atoms with Gasteiger partial charge < -0.3 is 5.32 Å². The molecule has 1 aliphatic rings. The number of primary sulfonamides is 1. The molecule has 0 heterocycles. The van der Waals surface area contributed by atoms with Gasteiger partial charge in [-0.1, -0.05) is 42.5 Å². The van der Waals surface area contributed by atoms with Crippen LogP contribution in [0.3, 0.4) is 0 Å². The highest BCUT2D eigenvalue weighted by atomic mass is 32.2. The number of hydrogen-bond donors (Lipinski definition) is 2. The van der Waals surface area contributed by atoms with Gasteiger partial charge in [-0.05, 0) is 42.0 Å². The van der Waals surface area contributed by atoms with Crippen molar-refractivity contribution in [2.24, 2.45) is 11.1 Å². The summed E-state index contributed by atoms with van der Waals surface area (Å²) in [7, 11) is -3.66. The Balaban J connectivity index is 1.46. The summed E-state index contributed by atoms with van der Waals surface area (Å²) in [6.07, 6.45) is 1.55. The topological polar surface area (TPSA) is 89.3 Å². The van der Waals surface area contributed by atoms with Crippen LogP contribution >= 0.6 is 0 Å². The van der Waals surface area contributed by atoms with Gasteiger partial charge in [0.05, 0.1) is 4.90 Å². The zero-order valence-electron chi connectivity index (χ0n) is 13.2. The van der Waals surface area contributed by atoms with Gasteiger partial charge in [-0.25, -0.2) is 13.6 Å². The maximum atomic E-state index is 12.2. The molecule has 3 rings (SSSR count). The van der Waals surface area contributed by atoms with E-state index in [1.54, 1.807) is 12.1 Å². The van der Waals surface area contributed by atoms with Crippen molar-refractivity contribution in [3.8, 4) is 0 Å². The summed E-state index contributed by atoms with van der Waals surface area (Å²) in [5, 5.41) is 8.02. The van der Waals surface area contributed by atoms with Crippen molar-refractivity contribution >= 4 is 15.9 Å². The van der Waals surface area contributed by atoms with E-state index >= 15 is 0 Å². The zero-order chi connectivity index (χ0) is 17.2. The average molecular weight is 344 g/mol. The Morgan fingerprint density at radius 2 is 1.75 bits per heavy atom. The second kappa shape index (κ2) is 6.75. The van der Waals surface area contributed by atoms with Crippen molar-refractivity contribution in [1.29, 1.82) is 0 Å². The number of nitrogens with one attached hydrogen (secondary N) is 1. The Labute approximate surface area is 141 Å². The highest BCUT2D eigenvalue weighted by Crippen LogP contribution is 2.47. The van der Waals surface area contributed by atoms with E-state index in [9.17, 15) is 13.2 Å². The number of carbonyl (C=O) groups excluding carboxylic acids is 1. The monoisotopic (exact) mass is 344 g/mol. The third-order valence-corrected chi connectivity index (χ3v) is 5.25. The lowest BCUT2D eigenvalue weighted by molar-refractivity contribution is -0.122. The summed E-state index contributed by atoms with van der Waals surface area (Å²) in [5.41, 5.74) is 2.18. The van der Waals surface area contributed by atoms with Crippen LogP contribution in [0, 0.1) is 5.92 Å². The van der Waals surface area contributed by atoms with Gasteiger partial charge >= 0.3 is 0 Å². The van der Waals surface area contributed by atoms with Crippen molar-refractivity contribution in [3.05, 3.63) is 65.7 Å². The molecule has 0 aliphatic heterocycles. The van der Waals surface area contributed by atoms with Gasteiger partial charge in [0.2, 0.25) is 15.9 Å². The molecule has 2 aromatic carbocycles. The van der Waals surface area contributed by atoms with Gasteiger partial charge in [0.15, 0.2) is 0 Å². The number of benzene rings is 2. The van der Waals surface area contributed by atoms with Gasteiger partial charge in [-0.3, -0.25) is 4.79 Å². The molecule has 0 radical (unpaired) electrons. The van der Waals surface area contributed by atoms with Crippen LogP contribution < -0.4 is 10.5 Å². The van der Waals surface area contributed by atoms with E-state index in [1.807, 2.05) is 18.2 Å². The molecule has 2 unspecified atom stereocenters. The van der Waals surface area contributed by atoms with E-state index in [1.165, 1.54) is 17.7 Å². The number of nitrogens with two attached hydrogens (primary N) is 1. The second-order valence-corrected chi connectivity index (χ2v) is 7.65. The predicted molar refractivity (Wildman–Crippen MR) is 91.8 cm³/mol. The van der Waals surface area contributed by atoms with Gasteiger partial charge in [-0.2, -0.15) is 0 Å². The van der Waals surface area contributed by atoms with Gasteiger partial charge in [0.25, 0.3) is 0 Å². The van der Waals surface area contributed by atoms with Gasteiger partial charge in [0, 0.05) is 12.5 Å². The summed E-state index contributed by atoms with van der Waals surface area (Å²) in [4.78, 5) is 12.3. The summed E-state index contributed by atoms with van der Waals surface area (Å²) in [6.45, 7) is 0.533. The number of amides is 1. The van der Waals surface area contributed by atoms with Crippen LogP contribution in [0.1, 0.15) is 23.5 Å². The molecule has 1 fully saturated rings. The molecule has 3 N–H and O–H groups in total. The smallest absolute Gasteiger partial charge is 0.238 e. The first kappa shape index (κ1) is 16.7. The molecule has 2 aromatic rings. The van der Waals surface area contributed by atoms with Gasteiger partial charge in [0.1, 0.15) is 0 Å². The van der Waals surface area contributed by atoms with E-state index in [4.69, 9.17) is 5.14 Å². The van der Waals surface area contributed by atoms with Crippen LogP contribution in [0.15, 0.2) is 59.5 Å². The summed E-state index contributed by atoms with van der Waals surface area (Å²) in [5.74, 6) is 0.488. The number of carbonyl (C=O) groups is 1. The SMILES string of the molecule is NS(=O)(=O)c1ccc(CCNC(=O)C2CC2c2ccccc2)cc1. The largest absolute Gasteiger partial charge is 0.356 e. The van der Waals surface area contributed by atoms with E-state index in [2.05, 4.69) is 17.4 Å². The molecule has 0 saturated heterocycles. The van der Waals surface area contributed by atoms with Crippen molar-refractivity contribution in [3.63, 3.8) is 0 Å². The van der Waals surface area contributed by atoms with Crippen molar-refractivity contribution in [2.75, 3.05) is 6.54 Å². The highest BCUT2D eigenvalue weighted by Gasteiger charge is 2.43. The predicted octanol–water partition coefficient (Wildman–Crippen LogP) is 1.80. The Morgan fingerprint density at radius 1 is 1.08 bits per heavy atom. The molecule has 5 nitrogen and oxygen atoms in total. The first-order valence-electron chi connectivity index (χ1n) is 7.89. The molecule has 1 aliphatic carbocycles.